The number of phenolic OH excluding ortho intramolecular Hbond substituents is 1. The maximum atomic E-state index is 10.0. The van der Waals surface area contributed by atoms with Crippen LogP contribution in [-0.2, 0) is 0 Å². The van der Waals surface area contributed by atoms with E-state index in [1.807, 2.05) is 0 Å². The number of hydrogen-bond donors (Lipinski definition) is 2. The smallest absolute Gasteiger partial charge is 0.131 e. The number of hydrogen-bond acceptors (Lipinski definition) is 4. The molecule has 0 radical (unpaired) electrons. The molecular formula is C14H24ClNO3. The first-order valence-corrected chi connectivity index (χ1v) is 6.20. The van der Waals surface area contributed by atoms with Crippen LogP contribution in [0.5, 0.6) is 17.2 Å². The van der Waals surface area contributed by atoms with Crippen LogP contribution in [0.15, 0.2) is 12.1 Å². The van der Waals surface area contributed by atoms with Gasteiger partial charge >= 0.3 is 0 Å². The Balaban J connectivity index is 0.00000324. The van der Waals surface area contributed by atoms with E-state index in [1.54, 1.807) is 26.4 Å². The van der Waals surface area contributed by atoms with Crippen molar-refractivity contribution < 1.29 is 14.6 Å². The Morgan fingerprint density at radius 2 is 1.79 bits per heavy atom. The summed E-state index contributed by atoms with van der Waals surface area (Å²) in [4.78, 5) is 0. The highest BCUT2D eigenvalue weighted by atomic mass is 35.5. The van der Waals surface area contributed by atoms with Crippen molar-refractivity contribution in [3.63, 3.8) is 0 Å². The van der Waals surface area contributed by atoms with E-state index in [-0.39, 0.29) is 24.2 Å². The maximum Gasteiger partial charge on any atom is 0.131 e. The second-order valence-corrected chi connectivity index (χ2v) is 4.84. The number of benzene rings is 1. The number of ether oxygens (including phenoxy) is 2. The number of nitrogens with two attached hydrogens (primary N) is 1. The molecule has 110 valence electrons. The summed E-state index contributed by atoms with van der Waals surface area (Å²) in [5.74, 6) is 1.84. The van der Waals surface area contributed by atoms with Crippen LogP contribution in [0.3, 0.4) is 0 Å². The standard InChI is InChI=1S/C14H23NO3.ClH/c1-9(2)5-6-11(15)14-12(16)7-10(17-3)8-13(14)18-4;/h7-9,11,16H,5-6,15H2,1-4H3;1H/t11-;/m0./s1. The van der Waals surface area contributed by atoms with Gasteiger partial charge in [0.2, 0.25) is 0 Å². The van der Waals surface area contributed by atoms with E-state index >= 15 is 0 Å². The molecule has 0 aliphatic carbocycles. The monoisotopic (exact) mass is 289 g/mol. The molecule has 0 aliphatic heterocycles. The van der Waals surface area contributed by atoms with Crippen molar-refractivity contribution in [3.8, 4) is 17.2 Å². The van der Waals surface area contributed by atoms with Crippen LogP contribution in [0, 0.1) is 5.92 Å². The van der Waals surface area contributed by atoms with E-state index in [1.165, 1.54) is 0 Å². The summed E-state index contributed by atoms with van der Waals surface area (Å²) in [6.45, 7) is 4.30. The highest BCUT2D eigenvalue weighted by Crippen LogP contribution is 2.38. The Bertz CT molecular complexity index is 397. The molecule has 1 atom stereocenters. The van der Waals surface area contributed by atoms with Gasteiger partial charge in [0.25, 0.3) is 0 Å². The average Bonchev–Trinajstić information content (AvgIpc) is 2.34. The largest absolute Gasteiger partial charge is 0.507 e. The lowest BCUT2D eigenvalue weighted by Gasteiger charge is -2.19. The zero-order valence-corrected chi connectivity index (χ0v) is 12.8. The second kappa shape index (κ2) is 8.12. The number of phenols is 1. The van der Waals surface area contributed by atoms with Crippen molar-refractivity contribution in [1.29, 1.82) is 0 Å². The lowest BCUT2D eigenvalue weighted by atomic mass is 9.97. The van der Waals surface area contributed by atoms with Crippen LogP contribution in [0.4, 0.5) is 0 Å². The van der Waals surface area contributed by atoms with E-state index < -0.39 is 0 Å². The fourth-order valence-electron chi connectivity index (χ4n) is 1.90. The molecule has 0 aromatic heterocycles. The van der Waals surface area contributed by atoms with Crippen molar-refractivity contribution in [1.82, 2.24) is 0 Å². The van der Waals surface area contributed by atoms with Crippen LogP contribution in [0.2, 0.25) is 0 Å². The number of rotatable bonds is 6. The van der Waals surface area contributed by atoms with Gasteiger partial charge in [-0.15, -0.1) is 12.4 Å². The van der Waals surface area contributed by atoms with Crippen LogP contribution < -0.4 is 15.2 Å². The van der Waals surface area contributed by atoms with Gasteiger partial charge in [-0.2, -0.15) is 0 Å². The molecule has 0 aliphatic rings. The summed E-state index contributed by atoms with van der Waals surface area (Å²) in [5.41, 5.74) is 6.78. The van der Waals surface area contributed by atoms with Gasteiger partial charge in [0.1, 0.15) is 17.2 Å². The predicted octanol–water partition coefficient (Wildman–Crippen LogP) is 3.27. The minimum atomic E-state index is -0.228. The van der Waals surface area contributed by atoms with Crippen LogP contribution in [0.1, 0.15) is 38.3 Å². The SMILES string of the molecule is COc1cc(O)c([C@@H](N)CCC(C)C)c(OC)c1.Cl. The molecule has 4 nitrogen and oxygen atoms in total. The first kappa shape index (κ1) is 17.9. The molecule has 1 aromatic carbocycles. The minimum absolute atomic E-state index is 0. The summed E-state index contributed by atoms with van der Waals surface area (Å²) in [6.07, 6.45) is 1.82. The third-order valence-corrected chi connectivity index (χ3v) is 2.98. The minimum Gasteiger partial charge on any atom is -0.507 e. The lowest BCUT2D eigenvalue weighted by molar-refractivity contribution is 0.371. The molecule has 0 fully saturated rings. The summed E-state index contributed by atoms with van der Waals surface area (Å²) in [5, 5.41) is 10.0. The average molecular weight is 290 g/mol. The van der Waals surface area contributed by atoms with Crippen LogP contribution >= 0.6 is 12.4 Å². The first-order valence-electron chi connectivity index (χ1n) is 6.20. The van der Waals surface area contributed by atoms with E-state index in [0.29, 0.717) is 23.0 Å². The zero-order chi connectivity index (χ0) is 13.7. The molecule has 19 heavy (non-hydrogen) atoms. The molecule has 3 N–H and O–H groups in total. The highest BCUT2D eigenvalue weighted by Gasteiger charge is 2.18. The van der Waals surface area contributed by atoms with Crippen molar-refractivity contribution in [3.05, 3.63) is 17.7 Å². The van der Waals surface area contributed by atoms with E-state index in [9.17, 15) is 5.11 Å². The summed E-state index contributed by atoms with van der Waals surface area (Å²) < 4.78 is 10.4. The molecule has 5 heteroatoms. The Kier molecular flexibility index (Phi) is 7.64. The third kappa shape index (κ3) is 4.80. The van der Waals surface area contributed by atoms with E-state index in [4.69, 9.17) is 15.2 Å². The molecule has 0 bridgehead atoms. The van der Waals surface area contributed by atoms with Crippen LogP contribution in [0.25, 0.3) is 0 Å². The van der Waals surface area contributed by atoms with Gasteiger partial charge in [0, 0.05) is 18.2 Å². The Morgan fingerprint density at radius 1 is 1.16 bits per heavy atom. The Hall–Kier alpha value is -1.13. The van der Waals surface area contributed by atoms with Crippen molar-refractivity contribution in [2.45, 2.75) is 32.7 Å². The summed E-state index contributed by atoms with van der Waals surface area (Å²) >= 11 is 0. The van der Waals surface area contributed by atoms with Gasteiger partial charge in [-0.05, 0) is 18.8 Å². The van der Waals surface area contributed by atoms with Crippen molar-refractivity contribution >= 4 is 12.4 Å². The van der Waals surface area contributed by atoms with Crippen molar-refractivity contribution in [2.75, 3.05) is 14.2 Å². The zero-order valence-electron chi connectivity index (χ0n) is 12.0. The van der Waals surface area contributed by atoms with Crippen LogP contribution in [-0.4, -0.2) is 19.3 Å². The van der Waals surface area contributed by atoms with Gasteiger partial charge in [0.05, 0.1) is 19.8 Å². The third-order valence-electron chi connectivity index (χ3n) is 2.98. The molecule has 0 saturated heterocycles. The Labute approximate surface area is 121 Å². The quantitative estimate of drug-likeness (QED) is 0.843. The molecule has 1 aromatic rings. The lowest BCUT2D eigenvalue weighted by Crippen LogP contribution is -2.13. The van der Waals surface area contributed by atoms with Gasteiger partial charge in [-0.1, -0.05) is 13.8 Å². The highest BCUT2D eigenvalue weighted by molar-refractivity contribution is 5.85. The number of aromatic hydroxyl groups is 1. The fraction of sp³-hybridized carbons (Fsp3) is 0.571. The second-order valence-electron chi connectivity index (χ2n) is 4.84. The molecular weight excluding hydrogens is 266 g/mol. The fourth-order valence-corrected chi connectivity index (χ4v) is 1.90. The van der Waals surface area contributed by atoms with Gasteiger partial charge in [0.15, 0.2) is 0 Å². The summed E-state index contributed by atoms with van der Waals surface area (Å²) in [7, 11) is 3.11. The number of halogens is 1. The van der Waals surface area contributed by atoms with E-state index in [0.717, 1.165) is 12.8 Å². The molecule has 0 spiro atoms. The molecule has 0 heterocycles. The predicted molar refractivity (Wildman–Crippen MR) is 79.5 cm³/mol. The van der Waals surface area contributed by atoms with Gasteiger partial charge in [-0.3, -0.25) is 0 Å². The Morgan fingerprint density at radius 3 is 2.26 bits per heavy atom. The normalized spacial score (nSPS) is 11.9. The van der Waals surface area contributed by atoms with Crippen molar-refractivity contribution in [2.24, 2.45) is 11.7 Å². The van der Waals surface area contributed by atoms with Gasteiger partial charge in [-0.25, -0.2) is 0 Å². The van der Waals surface area contributed by atoms with E-state index in [2.05, 4.69) is 13.8 Å². The number of methoxy groups -OCH3 is 2. The maximum absolute atomic E-state index is 10.0. The molecule has 1 rings (SSSR count). The molecule has 0 unspecified atom stereocenters. The topological polar surface area (TPSA) is 64.7 Å². The molecule has 0 saturated carbocycles. The molecule has 0 amide bonds. The first-order chi connectivity index (χ1) is 8.49. The van der Waals surface area contributed by atoms with Gasteiger partial charge < -0.3 is 20.3 Å². The summed E-state index contributed by atoms with van der Waals surface area (Å²) in [6, 6.07) is 3.07.